The molecule has 0 aliphatic rings. The number of aromatic nitrogens is 1. The van der Waals surface area contributed by atoms with E-state index in [1.165, 1.54) is 0 Å². The molecule has 30 heavy (non-hydrogen) atoms. The molecule has 3 aromatic carbocycles. The fraction of sp³-hybridized carbons (Fsp3) is 0.0833. The lowest BCUT2D eigenvalue weighted by molar-refractivity contribution is 0.0950. The molecule has 150 valence electrons. The SMILES string of the molecule is O=C(N/N=C/c1c[nH]c2ccccc12)c1ccccc1OCCOc1ccccc1. The molecule has 0 fully saturated rings. The average Bonchev–Trinajstić information content (AvgIpc) is 3.21. The number of hydrogen-bond donors (Lipinski definition) is 2. The molecule has 0 saturated heterocycles. The maximum atomic E-state index is 12.6. The van der Waals surface area contributed by atoms with Crippen molar-refractivity contribution in [2.45, 2.75) is 0 Å². The van der Waals surface area contributed by atoms with Crippen LogP contribution in [0.1, 0.15) is 15.9 Å². The fourth-order valence-corrected chi connectivity index (χ4v) is 3.03. The number of fused-ring (bicyclic) bond motifs is 1. The van der Waals surface area contributed by atoms with Crippen molar-refractivity contribution in [2.24, 2.45) is 5.10 Å². The molecule has 0 atom stereocenters. The Bertz CT molecular complexity index is 1150. The molecule has 6 heteroatoms. The summed E-state index contributed by atoms with van der Waals surface area (Å²) in [5.74, 6) is 0.915. The summed E-state index contributed by atoms with van der Waals surface area (Å²) >= 11 is 0. The monoisotopic (exact) mass is 399 g/mol. The summed E-state index contributed by atoms with van der Waals surface area (Å²) in [4.78, 5) is 15.7. The van der Waals surface area contributed by atoms with Gasteiger partial charge in [0.1, 0.15) is 24.7 Å². The predicted molar refractivity (Wildman–Crippen MR) is 117 cm³/mol. The zero-order valence-electron chi connectivity index (χ0n) is 16.2. The zero-order chi connectivity index (χ0) is 20.6. The quantitative estimate of drug-likeness (QED) is 0.262. The number of benzene rings is 3. The number of carbonyl (C=O) groups excluding carboxylic acids is 1. The highest BCUT2D eigenvalue weighted by Gasteiger charge is 2.11. The standard InChI is InChI=1S/C24H21N3O3/c28-24(27-26-17-18-16-25-22-12-6-4-10-20(18)22)21-11-5-7-13-23(21)30-15-14-29-19-8-2-1-3-9-19/h1-13,16-17,25H,14-15H2,(H,27,28)/b26-17+. The van der Waals surface area contributed by atoms with Crippen molar-refractivity contribution in [1.29, 1.82) is 0 Å². The van der Waals surface area contributed by atoms with Crippen LogP contribution in [0.4, 0.5) is 0 Å². The Balaban J connectivity index is 1.34. The summed E-state index contributed by atoms with van der Waals surface area (Å²) in [7, 11) is 0. The van der Waals surface area contributed by atoms with E-state index < -0.39 is 0 Å². The Morgan fingerprint density at radius 1 is 0.900 bits per heavy atom. The van der Waals surface area contributed by atoms with Gasteiger partial charge in [0.05, 0.1) is 11.8 Å². The molecule has 4 rings (SSSR count). The first-order valence-corrected chi connectivity index (χ1v) is 9.60. The molecule has 6 nitrogen and oxygen atoms in total. The number of hydrogen-bond acceptors (Lipinski definition) is 4. The number of aromatic amines is 1. The number of rotatable bonds is 8. The van der Waals surface area contributed by atoms with Crippen molar-refractivity contribution < 1.29 is 14.3 Å². The van der Waals surface area contributed by atoms with Gasteiger partial charge in [-0.05, 0) is 30.3 Å². The Morgan fingerprint density at radius 3 is 2.53 bits per heavy atom. The third-order valence-electron chi connectivity index (χ3n) is 4.48. The van der Waals surface area contributed by atoms with E-state index >= 15 is 0 Å². The van der Waals surface area contributed by atoms with Crippen molar-refractivity contribution in [3.05, 3.63) is 96.2 Å². The highest BCUT2D eigenvalue weighted by atomic mass is 16.5. The molecule has 1 heterocycles. The molecule has 0 saturated carbocycles. The second-order valence-electron chi connectivity index (χ2n) is 6.49. The number of carbonyl (C=O) groups is 1. The minimum absolute atomic E-state index is 0.317. The zero-order valence-corrected chi connectivity index (χ0v) is 16.2. The highest BCUT2D eigenvalue weighted by molar-refractivity contribution is 6.00. The number of para-hydroxylation sites is 3. The smallest absolute Gasteiger partial charge is 0.275 e. The van der Waals surface area contributed by atoms with E-state index in [1.54, 1.807) is 24.4 Å². The average molecular weight is 399 g/mol. The summed E-state index contributed by atoms with van der Waals surface area (Å²) in [6.45, 7) is 0.691. The third kappa shape index (κ3) is 4.67. The normalized spacial score (nSPS) is 10.9. The van der Waals surface area contributed by atoms with E-state index in [1.807, 2.05) is 66.9 Å². The number of nitrogens with one attached hydrogen (secondary N) is 2. The minimum Gasteiger partial charge on any atom is -0.490 e. The number of nitrogens with zero attached hydrogens (tertiary/aromatic N) is 1. The molecule has 0 unspecified atom stereocenters. The van der Waals surface area contributed by atoms with Gasteiger partial charge in [0.2, 0.25) is 0 Å². The lowest BCUT2D eigenvalue weighted by Gasteiger charge is -2.11. The van der Waals surface area contributed by atoms with Crippen LogP contribution in [0.2, 0.25) is 0 Å². The van der Waals surface area contributed by atoms with Crippen molar-refractivity contribution in [1.82, 2.24) is 10.4 Å². The van der Waals surface area contributed by atoms with Crippen molar-refractivity contribution >= 4 is 23.0 Å². The lowest BCUT2D eigenvalue weighted by Crippen LogP contribution is -2.19. The lowest BCUT2D eigenvalue weighted by atomic mass is 10.2. The van der Waals surface area contributed by atoms with Gasteiger partial charge in [-0.3, -0.25) is 4.79 Å². The Kier molecular flexibility index (Phi) is 6.05. The van der Waals surface area contributed by atoms with Crippen LogP contribution in [0.5, 0.6) is 11.5 Å². The van der Waals surface area contributed by atoms with Gasteiger partial charge in [-0.25, -0.2) is 5.43 Å². The Morgan fingerprint density at radius 2 is 1.63 bits per heavy atom. The van der Waals surface area contributed by atoms with Crippen LogP contribution in [0.25, 0.3) is 10.9 Å². The van der Waals surface area contributed by atoms with Gasteiger partial charge in [0, 0.05) is 22.7 Å². The number of hydrazone groups is 1. The van der Waals surface area contributed by atoms with Gasteiger partial charge in [-0.2, -0.15) is 5.10 Å². The maximum absolute atomic E-state index is 12.6. The van der Waals surface area contributed by atoms with Crippen molar-refractivity contribution in [2.75, 3.05) is 13.2 Å². The van der Waals surface area contributed by atoms with Crippen LogP contribution in [0.15, 0.2) is 90.2 Å². The second-order valence-corrected chi connectivity index (χ2v) is 6.49. The number of ether oxygens (including phenoxy) is 2. The number of amides is 1. The van der Waals surface area contributed by atoms with Crippen LogP contribution in [-0.4, -0.2) is 30.3 Å². The minimum atomic E-state index is -0.342. The van der Waals surface area contributed by atoms with E-state index in [9.17, 15) is 4.79 Å². The van der Waals surface area contributed by atoms with Gasteiger partial charge in [-0.1, -0.05) is 48.5 Å². The van der Waals surface area contributed by atoms with Crippen LogP contribution < -0.4 is 14.9 Å². The van der Waals surface area contributed by atoms with Crippen LogP contribution in [0, 0.1) is 0 Å². The molecule has 2 N–H and O–H groups in total. The van der Waals surface area contributed by atoms with Crippen molar-refractivity contribution in [3.8, 4) is 11.5 Å². The van der Waals surface area contributed by atoms with Gasteiger partial charge < -0.3 is 14.5 Å². The van der Waals surface area contributed by atoms with Gasteiger partial charge in [0.15, 0.2) is 0 Å². The topological polar surface area (TPSA) is 75.7 Å². The molecule has 0 aliphatic heterocycles. The van der Waals surface area contributed by atoms with Crippen LogP contribution in [-0.2, 0) is 0 Å². The van der Waals surface area contributed by atoms with Crippen LogP contribution >= 0.6 is 0 Å². The van der Waals surface area contributed by atoms with E-state index in [0.717, 1.165) is 22.2 Å². The molecule has 0 radical (unpaired) electrons. The summed E-state index contributed by atoms with van der Waals surface area (Å²) < 4.78 is 11.4. The van der Waals surface area contributed by atoms with E-state index in [-0.39, 0.29) is 5.91 Å². The summed E-state index contributed by atoms with van der Waals surface area (Å²) in [6.07, 6.45) is 3.47. The summed E-state index contributed by atoms with van der Waals surface area (Å²) in [5.41, 5.74) is 4.89. The molecular formula is C24H21N3O3. The fourth-order valence-electron chi connectivity index (χ4n) is 3.03. The van der Waals surface area contributed by atoms with E-state index in [0.29, 0.717) is 24.5 Å². The largest absolute Gasteiger partial charge is 0.490 e. The molecule has 1 amide bonds. The predicted octanol–water partition coefficient (Wildman–Crippen LogP) is 4.39. The first-order chi connectivity index (χ1) is 14.8. The molecule has 0 bridgehead atoms. The molecule has 4 aromatic rings. The molecular weight excluding hydrogens is 378 g/mol. The maximum Gasteiger partial charge on any atom is 0.275 e. The molecule has 0 spiro atoms. The highest BCUT2D eigenvalue weighted by Crippen LogP contribution is 2.18. The first kappa shape index (κ1) is 19.3. The van der Waals surface area contributed by atoms with Gasteiger partial charge >= 0.3 is 0 Å². The van der Waals surface area contributed by atoms with Crippen LogP contribution in [0.3, 0.4) is 0 Å². The van der Waals surface area contributed by atoms with E-state index in [4.69, 9.17) is 9.47 Å². The Labute approximate surface area is 174 Å². The summed E-state index contributed by atoms with van der Waals surface area (Å²) in [5, 5.41) is 5.13. The van der Waals surface area contributed by atoms with Gasteiger partial charge in [-0.15, -0.1) is 0 Å². The third-order valence-corrected chi connectivity index (χ3v) is 4.48. The molecule has 0 aliphatic carbocycles. The molecule has 1 aromatic heterocycles. The van der Waals surface area contributed by atoms with Crippen molar-refractivity contribution in [3.63, 3.8) is 0 Å². The second kappa shape index (κ2) is 9.43. The van der Waals surface area contributed by atoms with E-state index in [2.05, 4.69) is 15.5 Å². The van der Waals surface area contributed by atoms with Gasteiger partial charge in [0.25, 0.3) is 5.91 Å². The summed E-state index contributed by atoms with van der Waals surface area (Å²) in [6, 6.07) is 24.5. The Hall–Kier alpha value is -4.06. The number of H-pyrrole nitrogens is 1. The first-order valence-electron chi connectivity index (χ1n) is 9.60.